The van der Waals surface area contributed by atoms with E-state index in [9.17, 15) is 0 Å². The second-order valence-corrected chi connectivity index (χ2v) is 5.99. The summed E-state index contributed by atoms with van der Waals surface area (Å²) in [5.74, 6) is 0. The third kappa shape index (κ3) is 5.86. The van der Waals surface area contributed by atoms with Crippen LogP contribution in [0.5, 0.6) is 0 Å². The van der Waals surface area contributed by atoms with Gasteiger partial charge in [0.15, 0.2) is 0 Å². The first-order valence-corrected chi connectivity index (χ1v) is 8.80. The highest BCUT2D eigenvalue weighted by molar-refractivity contribution is 7.14. The van der Waals surface area contributed by atoms with Gasteiger partial charge in [-0.05, 0) is 24.8 Å². The van der Waals surface area contributed by atoms with Crippen LogP contribution in [0.25, 0.3) is 0 Å². The summed E-state index contributed by atoms with van der Waals surface area (Å²) in [6.07, 6.45) is 12.9. The SMILES string of the molecule is CCCc1ncsc1NCCC=CC=CCc1ccccc1. The maximum absolute atomic E-state index is 4.40. The molecular formula is C19H24N2S. The van der Waals surface area contributed by atoms with E-state index in [2.05, 4.69) is 71.9 Å². The van der Waals surface area contributed by atoms with Crippen LogP contribution in [0, 0.1) is 0 Å². The zero-order valence-corrected chi connectivity index (χ0v) is 14.0. The van der Waals surface area contributed by atoms with E-state index in [-0.39, 0.29) is 0 Å². The van der Waals surface area contributed by atoms with Gasteiger partial charge in [0.2, 0.25) is 0 Å². The first kappa shape index (κ1) is 16.5. The number of thiazole rings is 1. The Morgan fingerprint density at radius 1 is 1.14 bits per heavy atom. The van der Waals surface area contributed by atoms with Crippen molar-refractivity contribution < 1.29 is 0 Å². The number of hydrogen-bond donors (Lipinski definition) is 1. The molecule has 0 saturated heterocycles. The van der Waals surface area contributed by atoms with Gasteiger partial charge in [-0.2, -0.15) is 0 Å². The van der Waals surface area contributed by atoms with E-state index >= 15 is 0 Å². The molecule has 0 amide bonds. The second kappa shape index (κ2) is 9.96. The number of benzene rings is 1. The molecule has 0 aliphatic heterocycles. The van der Waals surface area contributed by atoms with Gasteiger partial charge in [0.05, 0.1) is 11.2 Å². The van der Waals surface area contributed by atoms with E-state index in [4.69, 9.17) is 0 Å². The number of hydrogen-bond acceptors (Lipinski definition) is 3. The summed E-state index contributed by atoms with van der Waals surface area (Å²) >= 11 is 1.70. The molecule has 2 rings (SSSR count). The molecule has 0 radical (unpaired) electrons. The van der Waals surface area contributed by atoms with Gasteiger partial charge < -0.3 is 5.32 Å². The minimum absolute atomic E-state index is 0.960. The molecule has 116 valence electrons. The molecule has 0 unspecified atom stereocenters. The molecule has 22 heavy (non-hydrogen) atoms. The Hall–Kier alpha value is -1.87. The third-order valence-electron chi connectivity index (χ3n) is 3.30. The maximum Gasteiger partial charge on any atom is 0.112 e. The molecule has 0 spiro atoms. The van der Waals surface area contributed by atoms with Crippen LogP contribution in [-0.2, 0) is 12.8 Å². The maximum atomic E-state index is 4.40. The lowest BCUT2D eigenvalue weighted by Crippen LogP contribution is -2.01. The summed E-state index contributed by atoms with van der Waals surface area (Å²) in [6.45, 7) is 3.15. The summed E-state index contributed by atoms with van der Waals surface area (Å²) in [4.78, 5) is 4.40. The van der Waals surface area contributed by atoms with Crippen molar-refractivity contribution in [2.45, 2.75) is 32.6 Å². The smallest absolute Gasteiger partial charge is 0.112 e. The van der Waals surface area contributed by atoms with Crippen molar-refractivity contribution in [2.75, 3.05) is 11.9 Å². The molecule has 0 aliphatic rings. The highest BCUT2D eigenvalue weighted by Gasteiger charge is 2.03. The van der Waals surface area contributed by atoms with Crippen LogP contribution in [0.1, 0.15) is 31.0 Å². The quantitative estimate of drug-likeness (QED) is 0.505. The number of rotatable bonds is 9. The van der Waals surface area contributed by atoms with Crippen LogP contribution in [0.15, 0.2) is 60.1 Å². The second-order valence-electron chi connectivity index (χ2n) is 5.14. The van der Waals surface area contributed by atoms with Crippen molar-refractivity contribution in [1.82, 2.24) is 4.98 Å². The largest absolute Gasteiger partial charge is 0.375 e. The molecule has 1 aromatic heterocycles. The summed E-state index contributed by atoms with van der Waals surface area (Å²) in [7, 11) is 0. The van der Waals surface area contributed by atoms with Crippen LogP contribution in [0.2, 0.25) is 0 Å². The van der Waals surface area contributed by atoms with Crippen molar-refractivity contribution in [2.24, 2.45) is 0 Å². The standard InChI is InChI=1S/C19H24N2S/c1-2-11-18-19(22-16-21-18)20-15-10-5-3-4-7-12-17-13-8-6-9-14-17/h3-9,13-14,16,20H,2,10-12,15H2,1H3. The van der Waals surface area contributed by atoms with Gasteiger partial charge in [0.25, 0.3) is 0 Å². The van der Waals surface area contributed by atoms with Crippen LogP contribution in [-0.4, -0.2) is 11.5 Å². The summed E-state index contributed by atoms with van der Waals surface area (Å²) < 4.78 is 0. The fourth-order valence-corrected chi connectivity index (χ4v) is 2.93. The molecule has 1 heterocycles. The molecule has 3 heteroatoms. The lowest BCUT2D eigenvalue weighted by molar-refractivity contribution is 0.890. The molecule has 0 fully saturated rings. The van der Waals surface area contributed by atoms with Crippen LogP contribution in [0.4, 0.5) is 5.00 Å². The zero-order chi connectivity index (χ0) is 15.5. The van der Waals surface area contributed by atoms with E-state index in [1.807, 2.05) is 5.51 Å². The average Bonchev–Trinajstić information content (AvgIpc) is 2.99. The number of anilines is 1. The van der Waals surface area contributed by atoms with Crippen molar-refractivity contribution in [3.63, 3.8) is 0 Å². The van der Waals surface area contributed by atoms with Crippen molar-refractivity contribution in [3.8, 4) is 0 Å². The third-order valence-corrected chi connectivity index (χ3v) is 4.13. The fraction of sp³-hybridized carbons (Fsp3) is 0.316. The molecule has 0 atom stereocenters. The summed E-state index contributed by atoms with van der Waals surface area (Å²) in [6, 6.07) is 10.5. The molecule has 2 aromatic rings. The molecule has 0 saturated carbocycles. The van der Waals surface area contributed by atoms with E-state index < -0.39 is 0 Å². The first-order chi connectivity index (χ1) is 10.9. The number of aryl methyl sites for hydroxylation is 1. The van der Waals surface area contributed by atoms with Crippen LogP contribution in [0.3, 0.4) is 0 Å². The number of nitrogens with zero attached hydrogens (tertiary/aromatic N) is 1. The molecule has 0 aliphatic carbocycles. The van der Waals surface area contributed by atoms with Gasteiger partial charge in [-0.3, -0.25) is 0 Å². The van der Waals surface area contributed by atoms with Crippen molar-refractivity contribution in [1.29, 1.82) is 0 Å². The van der Waals surface area contributed by atoms with Gasteiger partial charge in [0, 0.05) is 6.54 Å². The fourth-order valence-electron chi connectivity index (χ4n) is 2.17. The lowest BCUT2D eigenvalue weighted by Gasteiger charge is -2.03. The van der Waals surface area contributed by atoms with Gasteiger partial charge in [-0.15, -0.1) is 11.3 Å². The van der Waals surface area contributed by atoms with E-state index in [0.717, 1.165) is 32.2 Å². The Labute approximate surface area is 137 Å². The normalized spacial score (nSPS) is 11.5. The predicted octanol–water partition coefficient (Wildman–Crippen LogP) is 5.25. The monoisotopic (exact) mass is 312 g/mol. The minimum Gasteiger partial charge on any atom is -0.375 e. The Kier molecular flexibility index (Phi) is 7.47. The van der Waals surface area contributed by atoms with Crippen molar-refractivity contribution >= 4 is 16.3 Å². The highest BCUT2D eigenvalue weighted by atomic mass is 32.1. The van der Waals surface area contributed by atoms with Gasteiger partial charge in [-0.1, -0.05) is 68.0 Å². The Bertz CT molecular complexity index is 584. The van der Waals surface area contributed by atoms with Gasteiger partial charge in [-0.25, -0.2) is 4.98 Å². The van der Waals surface area contributed by atoms with E-state index in [1.165, 1.54) is 16.3 Å². The zero-order valence-electron chi connectivity index (χ0n) is 13.2. The number of nitrogens with one attached hydrogen (secondary N) is 1. The molecule has 2 nitrogen and oxygen atoms in total. The Morgan fingerprint density at radius 2 is 1.95 bits per heavy atom. The summed E-state index contributed by atoms with van der Waals surface area (Å²) in [5.41, 5.74) is 4.48. The molecular weight excluding hydrogens is 288 g/mol. The predicted molar refractivity (Wildman–Crippen MR) is 97.6 cm³/mol. The highest BCUT2D eigenvalue weighted by Crippen LogP contribution is 2.21. The lowest BCUT2D eigenvalue weighted by atomic mass is 10.1. The first-order valence-electron chi connectivity index (χ1n) is 7.92. The minimum atomic E-state index is 0.960. The van der Waals surface area contributed by atoms with Crippen LogP contribution < -0.4 is 5.32 Å². The molecule has 1 N–H and O–H groups in total. The Balaban J connectivity index is 1.63. The molecule has 1 aromatic carbocycles. The van der Waals surface area contributed by atoms with Crippen LogP contribution >= 0.6 is 11.3 Å². The Morgan fingerprint density at radius 3 is 2.77 bits per heavy atom. The average molecular weight is 312 g/mol. The van der Waals surface area contributed by atoms with Gasteiger partial charge >= 0.3 is 0 Å². The molecule has 0 bridgehead atoms. The van der Waals surface area contributed by atoms with E-state index in [1.54, 1.807) is 11.3 Å². The number of aromatic nitrogens is 1. The van der Waals surface area contributed by atoms with E-state index in [0.29, 0.717) is 0 Å². The number of allylic oxidation sites excluding steroid dienone is 3. The topological polar surface area (TPSA) is 24.9 Å². The van der Waals surface area contributed by atoms with Gasteiger partial charge in [0.1, 0.15) is 5.00 Å². The summed E-state index contributed by atoms with van der Waals surface area (Å²) in [5, 5.41) is 4.71. The van der Waals surface area contributed by atoms with Crippen molar-refractivity contribution in [3.05, 3.63) is 71.4 Å².